The molecule has 0 spiro atoms. The Labute approximate surface area is 274 Å². The van der Waals surface area contributed by atoms with Gasteiger partial charge in [0.25, 0.3) is 5.92 Å². The van der Waals surface area contributed by atoms with Gasteiger partial charge in [0.05, 0.1) is 19.6 Å². The molecule has 2 aromatic carbocycles. The molecule has 0 aliphatic carbocycles. The maximum atomic E-state index is 14.7. The molecule has 12 heteroatoms. The van der Waals surface area contributed by atoms with Gasteiger partial charge in [-0.1, -0.05) is 36.4 Å². The van der Waals surface area contributed by atoms with Crippen LogP contribution >= 0.6 is 0 Å². The molecule has 4 N–H and O–H groups in total. The predicted molar refractivity (Wildman–Crippen MR) is 172 cm³/mol. The highest BCUT2D eigenvalue weighted by atomic mass is 19.3. The van der Waals surface area contributed by atoms with Crippen LogP contribution in [0, 0.1) is 18.8 Å². The number of carbonyl (C=O) groups excluding carboxylic acids is 4. The van der Waals surface area contributed by atoms with Crippen LogP contribution in [0.2, 0.25) is 0 Å². The summed E-state index contributed by atoms with van der Waals surface area (Å²) in [6.45, 7) is 3.14. The van der Waals surface area contributed by atoms with Crippen molar-refractivity contribution in [3.63, 3.8) is 0 Å². The van der Waals surface area contributed by atoms with Crippen LogP contribution in [0.3, 0.4) is 0 Å². The van der Waals surface area contributed by atoms with Crippen LogP contribution in [0.4, 0.5) is 8.78 Å². The molecular weight excluding hydrogens is 608 g/mol. The molecule has 0 radical (unpaired) electrons. The molecule has 2 saturated heterocycles. The Balaban J connectivity index is 1.42. The van der Waals surface area contributed by atoms with E-state index in [-0.39, 0.29) is 37.8 Å². The van der Waals surface area contributed by atoms with Crippen molar-refractivity contribution in [3.05, 3.63) is 65.2 Å². The lowest BCUT2D eigenvalue weighted by molar-refractivity contribution is -0.146. The second kappa shape index (κ2) is 15.7. The summed E-state index contributed by atoms with van der Waals surface area (Å²) in [5, 5.41) is 10.8. The lowest BCUT2D eigenvalue weighted by atomic mass is 9.92. The molecule has 254 valence electrons. The number of piperidine rings is 2. The van der Waals surface area contributed by atoms with Crippen LogP contribution in [0.25, 0.3) is 0 Å². The Morgan fingerprint density at radius 1 is 1.06 bits per heavy atom. The number of alkyl halides is 2. The number of carbonyl (C=O) groups is 4. The van der Waals surface area contributed by atoms with E-state index in [1.807, 2.05) is 55.5 Å². The number of amides is 4. The highest BCUT2D eigenvalue weighted by Gasteiger charge is 2.47. The van der Waals surface area contributed by atoms with E-state index in [1.165, 1.54) is 0 Å². The maximum Gasteiger partial charge on any atom is 0.271 e. The van der Waals surface area contributed by atoms with Gasteiger partial charge in [-0.2, -0.15) is 0 Å². The molecule has 2 unspecified atom stereocenters. The predicted octanol–water partition coefficient (Wildman–Crippen LogP) is 2.87. The van der Waals surface area contributed by atoms with Gasteiger partial charge in [0.15, 0.2) is 0 Å². The Kier molecular flexibility index (Phi) is 11.4. The molecule has 47 heavy (non-hydrogen) atoms. The Morgan fingerprint density at radius 2 is 1.87 bits per heavy atom. The Morgan fingerprint density at radius 3 is 2.66 bits per heavy atom. The summed E-state index contributed by atoms with van der Waals surface area (Å²) in [4.78, 5) is 56.0. The van der Waals surface area contributed by atoms with E-state index in [9.17, 15) is 28.0 Å². The number of halogens is 2. The molecule has 4 atom stereocenters. The molecule has 0 saturated carbocycles. The maximum absolute atomic E-state index is 14.7. The van der Waals surface area contributed by atoms with Gasteiger partial charge in [-0.05, 0) is 86.7 Å². The zero-order chi connectivity index (χ0) is 33.4. The fourth-order valence-corrected chi connectivity index (χ4v) is 6.55. The van der Waals surface area contributed by atoms with Gasteiger partial charge in [-0.15, -0.1) is 0 Å². The van der Waals surface area contributed by atoms with Gasteiger partial charge in [-0.3, -0.25) is 19.2 Å². The number of aryl methyl sites for hydroxylation is 2. The van der Waals surface area contributed by atoms with Gasteiger partial charge in [-0.25, -0.2) is 8.78 Å². The first-order valence-electron chi connectivity index (χ1n) is 16.6. The van der Waals surface area contributed by atoms with Crippen molar-refractivity contribution >= 4 is 23.6 Å². The quantitative estimate of drug-likeness (QED) is 0.393. The monoisotopic (exact) mass is 653 g/mol. The fourth-order valence-electron chi connectivity index (χ4n) is 6.55. The molecule has 3 heterocycles. The molecule has 5 rings (SSSR count). The van der Waals surface area contributed by atoms with Gasteiger partial charge >= 0.3 is 0 Å². The minimum absolute atomic E-state index is 0.111. The van der Waals surface area contributed by atoms with Crippen molar-refractivity contribution in [2.45, 2.75) is 76.4 Å². The number of nitrogens with one attached hydrogen (secondary N) is 4. The SMILES string of the molecule is Cc1ccc2cc1CNC(=O)[C@H](CCc1ccccc1)NC(=O)[C@@H](NC(=O)C1CCNCC1(F)F)CC(=O)N1CCCC(CCO2)C1. The lowest BCUT2D eigenvalue weighted by Crippen LogP contribution is -2.58. The summed E-state index contributed by atoms with van der Waals surface area (Å²) in [6.07, 6.45) is 2.60. The van der Waals surface area contributed by atoms with E-state index < -0.39 is 54.6 Å². The van der Waals surface area contributed by atoms with Gasteiger partial charge in [0.2, 0.25) is 23.6 Å². The molecule has 3 aliphatic heterocycles. The first-order valence-corrected chi connectivity index (χ1v) is 16.6. The van der Waals surface area contributed by atoms with Crippen molar-refractivity contribution in [3.8, 4) is 5.75 Å². The number of rotatable bonds is 5. The molecule has 10 nitrogen and oxygen atoms in total. The second-order valence-electron chi connectivity index (χ2n) is 12.9. The standard InChI is InChI=1S/C35H45F2N5O5/c1-23-9-11-27-18-26(23)20-39-33(45)29(12-10-24-6-3-2-4-7-24)40-34(46)30(41-32(44)28-13-15-38-22-35(28,36)37)19-31(43)42-16-5-8-25(21-42)14-17-47-27/h2-4,6-7,9,11,18,25,28-30,38H,5,8,10,12-17,19-22H2,1H3,(H,39,45)(H,40,46)(H,41,44)/t25?,28?,29-,30-/m0/s1. The molecule has 2 fully saturated rings. The first kappa shape index (κ1) is 34.3. The van der Waals surface area contributed by atoms with Crippen molar-refractivity contribution < 1.29 is 32.7 Å². The summed E-state index contributed by atoms with van der Waals surface area (Å²) in [5.74, 6) is -6.63. The van der Waals surface area contributed by atoms with Crippen molar-refractivity contribution in [1.82, 2.24) is 26.2 Å². The molecule has 2 aromatic rings. The van der Waals surface area contributed by atoms with Crippen molar-refractivity contribution in [2.24, 2.45) is 11.8 Å². The average molecular weight is 654 g/mol. The fraction of sp³-hybridized carbons (Fsp3) is 0.543. The van der Waals surface area contributed by atoms with E-state index in [0.717, 1.165) is 36.0 Å². The van der Waals surface area contributed by atoms with Crippen LogP contribution in [0.1, 0.15) is 55.2 Å². The highest BCUT2D eigenvalue weighted by Crippen LogP contribution is 2.30. The topological polar surface area (TPSA) is 129 Å². The summed E-state index contributed by atoms with van der Waals surface area (Å²) < 4.78 is 35.5. The van der Waals surface area contributed by atoms with Gasteiger partial charge in [0.1, 0.15) is 23.8 Å². The van der Waals surface area contributed by atoms with Crippen LogP contribution in [-0.2, 0) is 32.1 Å². The Hall–Kier alpha value is -4.06. The highest BCUT2D eigenvalue weighted by molar-refractivity contribution is 5.95. The third-order valence-electron chi connectivity index (χ3n) is 9.45. The van der Waals surface area contributed by atoms with E-state index in [0.29, 0.717) is 31.9 Å². The molecule has 0 aromatic heterocycles. The van der Waals surface area contributed by atoms with Crippen LogP contribution in [-0.4, -0.2) is 79.3 Å². The van der Waals surface area contributed by atoms with Gasteiger partial charge in [0, 0.05) is 19.6 Å². The largest absolute Gasteiger partial charge is 0.494 e. The second-order valence-corrected chi connectivity index (χ2v) is 12.9. The van der Waals surface area contributed by atoms with E-state index in [1.54, 1.807) is 4.90 Å². The van der Waals surface area contributed by atoms with Gasteiger partial charge < -0.3 is 30.9 Å². The number of fused-ring (bicyclic) bond motifs is 4. The smallest absolute Gasteiger partial charge is 0.271 e. The van der Waals surface area contributed by atoms with E-state index >= 15 is 0 Å². The third kappa shape index (κ3) is 9.27. The normalized spacial score (nSPS) is 25.8. The van der Waals surface area contributed by atoms with Crippen molar-refractivity contribution in [1.29, 1.82) is 0 Å². The first-order chi connectivity index (χ1) is 22.6. The number of nitrogens with zero attached hydrogens (tertiary/aromatic N) is 1. The zero-order valence-corrected chi connectivity index (χ0v) is 26.9. The molecule has 4 amide bonds. The zero-order valence-electron chi connectivity index (χ0n) is 26.9. The summed E-state index contributed by atoms with van der Waals surface area (Å²) in [5.41, 5.74) is 2.80. The summed E-state index contributed by atoms with van der Waals surface area (Å²) in [6, 6.07) is 12.8. The minimum Gasteiger partial charge on any atom is -0.494 e. The lowest BCUT2D eigenvalue weighted by Gasteiger charge is -2.35. The van der Waals surface area contributed by atoms with Crippen LogP contribution < -0.4 is 26.0 Å². The molecular formula is C35H45F2N5O5. The van der Waals surface area contributed by atoms with Crippen LogP contribution in [0.15, 0.2) is 48.5 Å². The minimum atomic E-state index is -3.31. The van der Waals surface area contributed by atoms with E-state index in [4.69, 9.17) is 4.74 Å². The van der Waals surface area contributed by atoms with E-state index in [2.05, 4.69) is 21.3 Å². The average Bonchev–Trinajstić information content (AvgIpc) is 3.06. The molecule has 3 aliphatic rings. The summed E-state index contributed by atoms with van der Waals surface area (Å²) >= 11 is 0. The summed E-state index contributed by atoms with van der Waals surface area (Å²) in [7, 11) is 0. The van der Waals surface area contributed by atoms with Crippen molar-refractivity contribution in [2.75, 3.05) is 32.8 Å². The number of hydrogen-bond acceptors (Lipinski definition) is 6. The third-order valence-corrected chi connectivity index (χ3v) is 9.45. The molecule has 4 bridgehead atoms. The Bertz CT molecular complexity index is 1420. The number of benzene rings is 2. The number of ether oxygens (including phenoxy) is 1. The number of hydrogen-bond donors (Lipinski definition) is 4. The van der Waals surface area contributed by atoms with Crippen LogP contribution in [0.5, 0.6) is 5.75 Å².